The van der Waals surface area contributed by atoms with Crippen molar-refractivity contribution >= 4 is 59.4 Å². The Balaban J connectivity index is 2.87. The van der Waals surface area contributed by atoms with Crippen LogP contribution < -0.4 is 5.32 Å². The lowest BCUT2D eigenvalue weighted by Gasteiger charge is -2.38. The molecule has 0 aliphatic carbocycles. The van der Waals surface area contributed by atoms with Gasteiger partial charge in [-0.05, 0) is 25.1 Å². The molecule has 0 aromatic carbocycles. The molecule has 1 atom stereocenters. The summed E-state index contributed by atoms with van der Waals surface area (Å²) in [5.41, 5.74) is 0.307. The highest BCUT2D eigenvalue weighted by molar-refractivity contribution is 7.80. The molecule has 8 heteroatoms. The Kier molecular flexibility index (Phi) is 6.81. The van der Waals surface area contributed by atoms with Gasteiger partial charge in [-0.15, -0.1) is 11.3 Å². The highest BCUT2D eigenvalue weighted by Gasteiger charge is 2.39. The van der Waals surface area contributed by atoms with Crippen LogP contribution in [-0.2, 0) is 9.16 Å². The first-order valence-electron chi connectivity index (χ1n) is 7.24. The van der Waals surface area contributed by atoms with Crippen LogP contribution in [-0.4, -0.2) is 32.5 Å². The third kappa shape index (κ3) is 5.00. The molecule has 1 aromatic rings. The van der Waals surface area contributed by atoms with Crippen LogP contribution in [0.2, 0.25) is 23.2 Å². The van der Waals surface area contributed by atoms with Crippen molar-refractivity contribution in [3.8, 4) is 0 Å². The van der Waals surface area contributed by atoms with Gasteiger partial charge in [-0.1, -0.05) is 44.6 Å². The monoisotopic (exact) mass is 393 g/mol. The summed E-state index contributed by atoms with van der Waals surface area (Å²) < 4.78 is 11.0. The predicted molar refractivity (Wildman–Crippen MR) is 105 cm³/mol. The van der Waals surface area contributed by atoms with Gasteiger partial charge in [0.05, 0.1) is 18.2 Å². The quantitative estimate of drug-likeness (QED) is 0.415. The van der Waals surface area contributed by atoms with Crippen molar-refractivity contribution in [3.63, 3.8) is 0 Å². The first kappa shape index (κ1) is 20.6. The Morgan fingerprint density at radius 1 is 1.43 bits per heavy atom. The minimum atomic E-state index is -1.93. The van der Waals surface area contributed by atoms with E-state index in [0.717, 1.165) is 0 Å². The Morgan fingerprint density at radius 3 is 2.48 bits per heavy atom. The molecule has 0 aliphatic heterocycles. The number of methoxy groups -OCH3 is 1. The lowest BCUT2D eigenvalue weighted by atomic mass is 10.2. The molecule has 1 unspecified atom stereocenters. The number of carbonyl (C=O) groups excluding carboxylic acids is 1. The molecule has 1 rings (SSSR count). The molecule has 0 fully saturated rings. The lowest BCUT2D eigenvalue weighted by molar-refractivity contribution is 0.0602. The average Bonchev–Trinajstić information content (AvgIpc) is 2.77. The number of halogens is 1. The summed E-state index contributed by atoms with van der Waals surface area (Å²) in [5.74, 6) is -0.487. The Morgan fingerprint density at radius 2 is 2.00 bits per heavy atom. The first-order chi connectivity index (χ1) is 10.4. The predicted octanol–water partition coefficient (Wildman–Crippen LogP) is 5.34. The summed E-state index contributed by atoms with van der Waals surface area (Å²) in [7, 11) is -0.606. The number of carbonyl (C=O) groups is 1. The van der Waals surface area contributed by atoms with Crippen molar-refractivity contribution < 1.29 is 14.0 Å². The molecule has 0 aliphatic rings. The number of esters is 1. The molecule has 130 valence electrons. The van der Waals surface area contributed by atoms with Crippen LogP contribution >= 0.6 is 35.2 Å². The van der Waals surface area contributed by atoms with E-state index in [0.29, 0.717) is 20.6 Å². The summed E-state index contributed by atoms with van der Waals surface area (Å²) in [6.45, 7) is 12.8. The van der Waals surface area contributed by atoms with Gasteiger partial charge >= 0.3 is 5.97 Å². The van der Waals surface area contributed by atoms with Crippen LogP contribution in [0, 0.1) is 0 Å². The molecule has 0 amide bonds. The number of rotatable bonds is 5. The fourth-order valence-electron chi connectivity index (χ4n) is 1.61. The minimum Gasteiger partial charge on any atom is -0.465 e. The van der Waals surface area contributed by atoms with Gasteiger partial charge in [-0.25, -0.2) is 4.79 Å². The highest BCUT2D eigenvalue weighted by Crippen LogP contribution is 2.38. The number of anilines is 1. The van der Waals surface area contributed by atoms with Crippen molar-refractivity contribution in [1.82, 2.24) is 0 Å². The summed E-state index contributed by atoms with van der Waals surface area (Å²) in [4.78, 5) is 12.3. The van der Waals surface area contributed by atoms with Crippen LogP contribution in [0.15, 0.2) is 5.38 Å². The van der Waals surface area contributed by atoms with Crippen LogP contribution in [0.1, 0.15) is 38.1 Å². The molecule has 1 aromatic heterocycles. The van der Waals surface area contributed by atoms with Crippen LogP contribution in [0.25, 0.3) is 0 Å². The van der Waals surface area contributed by atoms with Gasteiger partial charge in [0.15, 0.2) is 8.32 Å². The van der Waals surface area contributed by atoms with Crippen molar-refractivity contribution in [3.05, 3.63) is 16.0 Å². The standard InChI is InChI=1S/C15H24ClNO3S2Si/c1-9(20-23(6,7)15(2,3)4)12(21)17-13-11(14(18)19-5)10(16)8-22-13/h8-9H,1-7H3,(H,17,21). The average molecular weight is 394 g/mol. The van der Waals surface area contributed by atoms with E-state index in [1.165, 1.54) is 18.4 Å². The second-order valence-electron chi connectivity index (χ2n) is 6.79. The topological polar surface area (TPSA) is 47.6 Å². The normalized spacial score (nSPS) is 13.6. The molecular weight excluding hydrogens is 370 g/mol. The van der Waals surface area contributed by atoms with Gasteiger partial charge in [-0.2, -0.15) is 0 Å². The Hall–Kier alpha value is -0.473. The molecule has 0 spiro atoms. The summed E-state index contributed by atoms with van der Waals surface area (Å²) >= 11 is 12.8. The van der Waals surface area contributed by atoms with E-state index >= 15 is 0 Å². The van der Waals surface area contributed by atoms with Crippen LogP contribution in [0.4, 0.5) is 5.00 Å². The second kappa shape index (κ2) is 7.61. The molecule has 0 saturated heterocycles. The van der Waals surface area contributed by atoms with Crippen LogP contribution in [0.5, 0.6) is 0 Å². The van der Waals surface area contributed by atoms with E-state index in [1.54, 1.807) is 5.38 Å². The molecule has 1 N–H and O–H groups in total. The van der Waals surface area contributed by atoms with Crippen molar-refractivity contribution in [2.24, 2.45) is 0 Å². The van der Waals surface area contributed by atoms with Gasteiger partial charge in [-0.3, -0.25) is 0 Å². The SMILES string of the molecule is COC(=O)c1c(Cl)csc1NC(=S)C(C)O[Si](C)(C)C(C)(C)C. The number of hydrogen-bond donors (Lipinski definition) is 1. The fraction of sp³-hybridized carbons (Fsp3) is 0.600. The van der Waals surface area contributed by atoms with E-state index in [4.69, 9.17) is 33.0 Å². The number of hydrogen-bond acceptors (Lipinski definition) is 5. The summed E-state index contributed by atoms with van der Waals surface area (Å²) in [6, 6.07) is 0. The van der Waals surface area contributed by atoms with Gasteiger partial charge in [0.2, 0.25) is 0 Å². The molecule has 0 saturated carbocycles. The van der Waals surface area contributed by atoms with Gasteiger partial charge in [0.25, 0.3) is 0 Å². The number of ether oxygens (including phenoxy) is 1. The first-order valence-corrected chi connectivity index (χ1v) is 11.8. The maximum atomic E-state index is 11.8. The zero-order valence-corrected chi connectivity index (χ0v) is 18.0. The van der Waals surface area contributed by atoms with Crippen LogP contribution in [0.3, 0.4) is 0 Å². The summed E-state index contributed by atoms with van der Waals surface area (Å²) in [5, 5.41) is 5.79. The molecular formula is C15H24ClNO3S2Si. The van der Waals surface area contributed by atoms with E-state index in [-0.39, 0.29) is 11.1 Å². The van der Waals surface area contributed by atoms with Crippen molar-refractivity contribution in [2.75, 3.05) is 12.4 Å². The maximum absolute atomic E-state index is 11.8. The third-order valence-corrected chi connectivity index (χ3v) is 10.3. The van der Waals surface area contributed by atoms with E-state index in [2.05, 4.69) is 39.2 Å². The second-order valence-corrected chi connectivity index (χ2v) is 13.3. The minimum absolute atomic E-state index is 0.0975. The molecule has 1 heterocycles. The van der Waals surface area contributed by atoms with Crippen molar-refractivity contribution in [1.29, 1.82) is 0 Å². The highest BCUT2D eigenvalue weighted by atomic mass is 35.5. The number of nitrogens with one attached hydrogen (secondary N) is 1. The number of thiocarbonyl (C=S) groups is 1. The fourth-order valence-corrected chi connectivity index (χ4v) is 4.44. The molecule has 23 heavy (non-hydrogen) atoms. The Labute approximate surface area is 153 Å². The van der Waals surface area contributed by atoms with E-state index in [9.17, 15) is 4.79 Å². The Bertz CT molecular complexity index is 596. The van der Waals surface area contributed by atoms with E-state index in [1.807, 2.05) is 6.92 Å². The zero-order valence-electron chi connectivity index (χ0n) is 14.6. The summed E-state index contributed by atoms with van der Waals surface area (Å²) in [6.07, 6.45) is -0.253. The number of thiophene rings is 1. The zero-order chi connectivity index (χ0) is 18.0. The van der Waals surface area contributed by atoms with Crippen molar-refractivity contribution in [2.45, 2.75) is 51.9 Å². The van der Waals surface area contributed by atoms with Gasteiger partial charge in [0.1, 0.15) is 15.6 Å². The molecule has 0 radical (unpaired) electrons. The van der Waals surface area contributed by atoms with Gasteiger partial charge < -0.3 is 14.5 Å². The third-order valence-electron chi connectivity index (χ3n) is 4.02. The largest absolute Gasteiger partial charge is 0.465 e. The van der Waals surface area contributed by atoms with E-state index < -0.39 is 14.3 Å². The van der Waals surface area contributed by atoms with Gasteiger partial charge in [0, 0.05) is 5.38 Å². The maximum Gasteiger partial charge on any atom is 0.342 e. The molecule has 0 bridgehead atoms. The smallest absolute Gasteiger partial charge is 0.342 e. The molecule has 4 nitrogen and oxygen atoms in total. The lowest BCUT2D eigenvalue weighted by Crippen LogP contribution is -2.45.